The van der Waals surface area contributed by atoms with Crippen LogP contribution in [-0.4, -0.2) is 84.9 Å². The molecule has 0 unspecified atom stereocenters. The molecule has 2 aromatic rings. The average Bonchev–Trinajstić information content (AvgIpc) is 2.99. The molecule has 4 rings (SSSR count). The molecule has 11 nitrogen and oxygen atoms in total. The summed E-state index contributed by atoms with van der Waals surface area (Å²) >= 11 is 0. The molecule has 5 amide bonds. The van der Waals surface area contributed by atoms with Gasteiger partial charge in [0.15, 0.2) is 5.75 Å². The zero-order valence-corrected chi connectivity index (χ0v) is 24.9. The smallest absolute Gasteiger partial charge is 0.321 e. The maximum atomic E-state index is 13.7. The predicted molar refractivity (Wildman–Crippen MR) is 161 cm³/mol. The minimum Gasteiger partial charge on any atom is -0.497 e. The van der Waals surface area contributed by atoms with Crippen LogP contribution in [0.2, 0.25) is 0 Å². The third-order valence-electron chi connectivity index (χ3n) is 8.02. The monoisotopic (exact) mass is 581 g/mol. The Hall–Kier alpha value is -3.99. The number of ether oxygens (including phenoxy) is 2. The van der Waals surface area contributed by atoms with Gasteiger partial charge in [0, 0.05) is 31.2 Å². The standard InChI is InChI=1S/C31H43N5O6/c1-20-17-36(21(2)19-37)29(38)25-11-8-12-26(34-30(39)32-22-9-6-5-7-10-22)28(25)42-27(20)18-35(3)31(40)33-23-13-15-24(41-4)16-14-23/h8,11-16,20-22,27,37H,5-7,9-10,17-19H2,1-4H3,(H,33,40)(H2,32,34,39)/t20-,21+,27-/m1/s1. The van der Waals surface area contributed by atoms with Crippen LogP contribution in [0.4, 0.5) is 21.0 Å². The quantitative estimate of drug-likeness (QED) is 0.362. The SMILES string of the molecule is COc1ccc(NC(=O)N(C)C[C@H]2Oc3c(NC(=O)NC4CCCCC4)cccc3C(=O)N([C@@H](C)CO)C[C@H]2C)cc1. The number of fused-ring (bicyclic) bond motifs is 1. The minimum absolute atomic E-state index is 0.110. The Bertz CT molecular complexity index is 1230. The first-order chi connectivity index (χ1) is 20.2. The Balaban J connectivity index is 1.57. The van der Waals surface area contributed by atoms with Crippen LogP contribution in [0.25, 0.3) is 0 Å². The van der Waals surface area contributed by atoms with E-state index in [1.165, 1.54) is 11.3 Å². The van der Waals surface area contributed by atoms with Gasteiger partial charge < -0.3 is 40.3 Å². The van der Waals surface area contributed by atoms with Crippen molar-refractivity contribution in [2.75, 3.05) is 44.5 Å². The number of methoxy groups -OCH3 is 1. The number of urea groups is 2. The second kappa shape index (κ2) is 14.3. The molecule has 2 aromatic carbocycles. The van der Waals surface area contributed by atoms with Gasteiger partial charge in [-0.2, -0.15) is 0 Å². The molecule has 1 fully saturated rings. The molecule has 4 N–H and O–H groups in total. The highest BCUT2D eigenvalue weighted by atomic mass is 16.5. The molecule has 0 spiro atoms. The number of hydrogen-bond donors (Lipinski definition) is 4. The van der Waals surface area contributed by atoms with Crippen molar-refractivity contribution in [1.82, 2.24) is 15.1 Å². The summed E-state index contributed by atoms with van der Waals surface area (Å²) in [4.78, 5) is 42.9. The molecule has 3 atom stereocenters. The summed E-state index contributed by atoms with van der Waals surface area (Å²) in [7, 11) is 3.26. The first-order valence-corrected chi connectivity index (χ1v) is 14.6. The van der Waals surface area contributed by atoms with E-state index in [0.717, 1.165) is 25.7 Å². The Morgan fingerprint density at radius 2 is 1.83 bits per heavy atom. The van der Waals surface area contributed by atoms with Gasteiger partial charge in [0.25, 0.3) is 5.91 Å². The summed E-state index contributed by atoms with van der Waals surface area (Å²) < 4.78 is 11.7. The summed E-state index contributed by atoms with van der Waals surface area (Å²) in [5.41, 5.74) is 1.27. The van der Waals surface area contributed by atoms with Crippen molar-refractivity contribution in [1.29, 1.82) is 0 Å². The van der Waals surface area contributed by atoms with E-state index in [-0.39, 0.29) is 54.4 Å². The lowest BCUT2D eigenvalue weighted by molar-refractivity contribution is 0.0373. The normalized spacial score (nSPS) is 19.8. The molecular formula is C31H43N5O6. The lowest BCUT2D eigenvalue weighted by Gasteiger charge is -2.38. The number of nitrogens with one attached hydrogen (secondary N) is 3. The third kappa shape index (κ3) is 7.64. The molecule has 11 heteroatoms. The molecule has 1 aliphatic heterocycles. The van der Waals surface area contributed by atoms with Crippen LogP contribution in [0.1, 0.15) is 56.3 Å². The highest BCUT2D eigenvalue weighted by molar-refractivity contribution is 6.01. The van der Waals surface area contributed by atoms with E-state index < -0.39 is 12.1 Å². The van der Waals surface area contributed by atoms with E-state index in [4.69, 9.17) is 9.47 Å². The molecule has 0 aromatic heterocycles. The maximum absolute atomic E-state index is 13.7. The number of aliphatic hydroxyl groups is 1. The number of carbonyl (C=O) groups excluding carboxylic acids is 3. The van der Waals surface area contributed by atoms with Crippen molar-refractivity contribution in [2.45, 2.75) is 64.1 Å². The number of likely N-dealkylation sites (N-methyl/N-ethyl adjacent to an activating group) is 1. The Labute approximate surface area is 247 Å². The van der Waals surface area contributed by atoms with Crippen molar-refractivity contribution in [3.05, 3.63) is 48.0 Å². The lowest BCUT2D eigenvalue weighted by Crippen LogP contribution is -2.50. The molecule has 42 heavy (non-hydrogen) atoms. The van der Waals surface area contributed by atoms with Crippen molar-refractivity contribution in [3.8, 4) is 11.5 Å². The molecule has 1 heterocycles. The number of aliphatic hydroxyl groups excluding tert-OH is 1. The topological polar surface area (TPSA) is 132 Å². The van der Waals surface area contributed by atoms with Gasteiger partial charge >= 0.3 is 12.1 Å². The number of rotatable bonds is 8. The van der Waals surface area contributed by atoms with Crippen molar-refractivity contribution >= 4 is 29.3 Å². The second-order valence-corrected chi connectivity index (χ2v) is 11.3. The van der Waals surface area contributed by atoms with Gasteiger partial charge in [-0.25, -0.2) is 9.59 Å². The van der Waals surface area contributed by atoms with Gasteiger partial charge in [-0.15, -0.1) is 0 Å². The van der Waals surface area contributed by atoms with E-state index in [9.17, 15) is 19.5 Å². The second-order valence-electron chi connectivity index (χ2n) is 11.3. The van der Waals surface area contributed by atoms with Crippen LogP contribution >= 0.6 is 0 Å². The van der Waals surface area contributed by atoms with Gasteiger partial charge in [0.1, 0.15) is 11.9 Å². The van der Waals surface area contributed by atoms with Crippen LogP contribution in [-0.2, 0) is 0 Å². The number of carbonyl (C=O) groups is 3. The van der Waals surface area contributed by atoms with Crippen molar-refractivity contribution in [2.24, 2.45) is 5.92 Å². The van der Waals surface area contributed by atoms with Crippen LogP contribution in [0, 0.1) is 5.92 Å². The molecule has 0 bridgehead atoms. The highest BCUT2D eigenvalue weighted by Crippen LogP contribution is 2.35. The zero-order valence-electron chi connectivity index (χ0n) is 24.9. The van der Waals surface area contributed by atoms with Crippen LogP contribution in [0.5, 0.6) is 11.5 Å². The molecule has 1 aliphatic carbocycles. The molecule has 0 radical (unpaired) electrons. The van der Waals surface area contributed by atoms with Crippen LogP contribution in [0.3, 0.4) is 0 Å². The fourth-order valence-corrected chi connectivity index (χ4v) is 5.40. The zero-order chi connectivity index (χ0) is 30.2. The number of benzene rings is 2. The fraction of sp³-hybridized carbons (Fsp3) is 0.516. The number of anilines is 2. The summed E-state index contributed by atoms with van der Waals surface area (Å²) in [6, 6.07) is 11.1. The van der Waals surface area contributed by atoms with E-state index in [0.29, 0.717) is 23.7 Å². The van der Waals surface area contributed by atoms with E-state index in [2.05, 4.69) is 16.0 Å². The van der Waals surface area contributed by atoms with Crippen LogP contribution in [0.15, 0.2) is 42.5 Å². The van der Waals surface area contributed by atoms with Gasteiger partial charge in [-0.1, -0.05) is 32.3 Å². The number of para-hydroxylation sites is 1. The third-order valence-corrected chi connectivity index (χ3v) is 8.02. The molecule has 1 saturated carbocycles. The predicted octanol–water partition coefficient (Wildman–Crippen LogP) is 4.53. The van der Waals surface area contributed by atoms with Gasteiger partial charge in [-0.05, 0) is 56.2 Å². The molecule has 0 saturated heterocycles. The van der Waals surface area contributed by atoms with E-state index in [1.54, 1.807) is 68.4 Å². The van der Waals surface area contributed by atoms with Crippen molar-refractivity contribution in [3.63, 3.8) is 0 Å². The Kier molecular flexibility index (Phi) is 10.5. The molecule has 228 valence electrons. The summed E-state index contributed by atoms with van der Waals surface area (Å²) in [6.07, 6.45) is 4.70. The lowest BCUT2D eigenvalue weighted by atomic mass is 9.96. The molecular weight excluding hydrogens is 538 g/mol. The van der Waals surface area contributed by atoms with Gasteiger partial charge in [0.05, 0.1) is 37.6 Å². The van der Waals surface area contributed by atoms with Gasteiger partial charge in [-0.3, -0.25) is 4.79 Å². The Morgan fingerprint density at radius 3 is 2.50 bits per heavy atom. The van der Waals surface area contributed by atoms with E-state index in [1.807, 2.05) is 6.92 Å². The largest absolute Gasteiger partial charge is 0.497 e. The highest BCUT2D eigenvalue weighted by Gasteiger charge is 2.35. The summed E-state index contributed by atoms with van der Waals surface area (Å²) in [5.74, 6) is 0.428. The fourth-order valence-electron chi connectivity index (χ4n) is 5.40. The number of nitrogens with zero attached hydrogens (tertiary/aromatic N) is 2. The Morgan fingerprint density at radius 1 is 1.12 bits per heavy atom. The molecule has 2 aliphatic rings. The number of amides is 5. The maximum Gasteiger partial charge on any atom is 0.321 e. The van der Waals surface area contributed by atoms with E-state index >= 15 is 0 Å². The summed E-state index contributed by atoms with van der Waals surface area (Å²) in [6.45, 7) is 4.06. The average molecular weight is 582 g/mol. The minimum atomic E-state index is -0.527. The first-order valence-electron chi connectivity index (χ1n) is 14.6. The first kappa shape index (κ1) is 31.0. The van der Waals surface area contributed by atoms with Gasteiger partial charge in [0.2, 0.25) is 0 Å². The number of hydrogen-bond acceptors (Lipinski definition) is 6. The van der Waals surface area contributed by atoms with Crippen molar-refractivity contribution < 1.29 is 29.0 Å². The summed E-state index contributed by atoms with van der Waals surface area (Å²) in [5, 5.41) is 18.7. The van der Waals surface area contributed by atoms with Crippen LogP contribution < -0.4 is 25.4 Å².